The summed E-state index contributed by atoms with van der Waals surface area (Å²) in [4.78, 5) is 22.6. The van der Waals surface area contributed by atoms with E-state index in [-0.39, 0.29) is 5.41 Å². The number of ketones is 1. The second kappa shape index (κ2) is 5.80. The first-order chi connectivity index (χ1) is 8.32. The summed E-state index contributed by atoms with van der Waals surface area (Å²) in [7, 11) is 0. The zero-order valence-corrected chi connectivity index (χ0v) is 11.1. The second-order valence-corrected chi connectivity index (χ2v) is 5.61. The van der Waals surface area contributed by atoms with Crippen LogP contribution >= 0.6 is 0 Å². The zero-order valence-electron chi connectivity index (χ0n) is 11.1. The van der Waals surface area contributed by atoms with Crippen molar-refractivity contribution in [3.63, 3.8) is 0 Å². The Bertz CT molecular complexity index is 415. The lowest BCUT2D eigenvalue weighted by Crippen LogP contribution is -2.33. The fourth-order valence-corrected chi connectivity index (χ4v) is 2.06. The Kier molecular flexibility index (Phi) is 4.65. The van der Waals surface area contributed by atoms with Gasteiger partial charge in [-0.05, 0) is 23.8 Å². The van der Waals surface area contributed by atoms with E-state index in [4.69, 9.17) is 5.11 Å². The minimum Gasteiger partial charge on any atom is -0.475 e. The van der Waals surface area contributed by atoms with E-state index in [2.05, 4.69) is 0 Å². The first-order valence-electron chi connectivity index (χ1n) is 6.13. The van der Waals surface area contributed by atoms with E-state index < -0.39 is 17.7 Å². The van der Waals surface area contributed by atoms with E-state index in [9.17, 15) is 9.59 Å². The second-order valence-electron chi connectivity index (χ2n) is 5.61. The molecule has 3 nitrogen and oxygen atoms in total. The van der Waals surface area contributed by atoms with Crippen molar-refractivity contribution in [2.45, 2.75) is 33.6 Å². The van der Waals surface area contributed by atoms with Crippen LogP contribution in [0.25, 0.3) is 0 Å². The minimum absolute atomic E-state index is 0.329. The van der Waals surface area contributed by atoms with Gasteiger partial charge in [0.25, 0.3) is 0 Å². The van der Waals surface area contributed by atoms with Crippen molar-refractivity contribution in [1.82, 2.24) is 0 Å². The van der Waals surface area contributed by atoms with E-state index >= 15 is 0 Å². The third kappa shape index (κ3) is 3.99. The Hall–Kier alpha value is -1.64. The highest BCUT2D eigenvalue weighted by molar-refractivity contribution is 6.33. The van der Waals surface area contributed by atoms with Gasteiger partial charge in [-0.1, -0.05) is 51.1 Å². The average Bonchev–Trinajstić information content (AvgIpc) is 2.28. The number of aryl methyl sites for hydroxylation is 1. The number of carbonyl (C=O) groups is 2. The van der Waals surface area contributed by atoms with Crippen molar-refractivity contribution in [1.29, 1.82) is 0 Å². The summed E-state index contributed by atoms with van der Waals surface area (Å²) in [5, 5.41) is 8.86. The van der Waals surface area contributed by atoms with Crippen LogP contribution in [0.2, 0.25) is 0 Å². The molecule has 0 aliphatic heterocycles. The van der Waals surface area contributed by atoms with Gasteiger partial charge >= 0.3 is 5.97 Å². The van der Waals surface area contributed by atoms with Crippen molar-refractivity contribution in [2.75, 3.05) is 0 Å². The first kappa shape index (κ1) is 14.4. The van der Waals surface area contributed by atoms with E-state index in [0.717, 1.165) is 12.0 Å². The highest BCUT2D eigenvalue weighted by atomic mass is 16.4. The van der Waals surface area contributed by atoms with Crippen LogP contribution in [0.4, 0.5) is 0 Å². The van der Waals surface area contributed by atoms with Crippen LogP contribution in [0, 0.1) is 11.3 Å². The molecule has 0 bridgehead atoms. The lowest BCUT2D eigenvalue weighted by Gasteiger charge is -2.28. The molecule has 0 saturated carbocycles. The average molecular weight is 248 g/mol. The molecule has 1 aromatic rings. The van der Waals surface area contributed by atoms with Crippen molar-refractivity contribution in [2.24, 2.45) is 11.3 Å². The highest BCUT2D eigenvalue weighted by Crippen LogP contribution is 2.30. The molecule has 0 heterocycles. The lowest BCUT2D eigenvalue weighted by atomic mass is 9.75. The standard InChI is InChI=1S/C15H20O3/c1-15(2,3)12(13(16)14(17)18)10-9-11-7-5-4-6-8-11/h4-8,12H,9-10H2,1-3H3,(H,17,18). The molecule has 1 N–H and O–H groups in total. The van der Waals surface area contributed by atoms with Crippen molar-refractivity contribution in [3.8, 4) is 0 Å². The smallest absolute Gasteiger partial charge is 0.372 e. The molecular formula is C15H20O3. The molecule has 98 valence electrons. The van der Waals surface area contributed by atoms with E-state index in [1.54, 1.807) is 0 Å². The molecule has 18 heavy (non-hydrogen) atoms. The van der Waals surface area contributed by atoms with Gasteiger partial charge in [0.15, 0.2) is 0 Å². The van der Waals surface area contributed by atoms with Gasteiger partial charge in [-0.15, -0.1) is 0 Å². The number of Topliss-reactive ketones (excluding diaryl/α,β-unsaturated/α-hetero) is 1. The summed E-state index contributed by atoms with van der Waals surface area (Å²) in [5.74, 6) is -2.46. The Labute approximate surface area is 108 Å². The molecule has 0 fully saturated rings. The molecule has 3 heteroatoms. The predicted octanol–water partition coefficient (Wildman–Crippen LogP) is 2.94. The third-order valence-corrected chi connectivity index (χ3v) is 3.14. The molecule has 0 spiro atoms. The van der Waals surface area contributed by atoms with Gasteiger partial charge in [0.05, 0.1) is 0 Å². The van der Waals surface area contributed by atoms with Crippen molar-refractivity contribution >= 4 is 11.8 Å². The lowest BCUT2D eigenvalue weighted by molar-refractivity contribution is -0.153. The fraction of sp³-hybridized carbons (Fsp3) is 0.467. The molecule has 0 saturated heterocycles. The van der Waals surface area contributed by atoms with Gasteiger partial charge in [0.2, 0.25) is 5.78 Å². The largest absolute Gasteiger partial charge is 0.475 e. The van der Waals surface area contributed by atoms with Gasteiger partial charge in [0, 0.05) is 5.92 Å². The number of carbonyl (C=O) groups excluding carboxylic acids is 1. The van der Waals surface area contributed by atoms with Crippen LogP contribution < -0.4 is 0 Å². The quantitative estimate of drug-likeness (QED) is 0.815. The number of rotatable bonds is 5. The Morgan fingerprint density at radius 2 is 1.72 bits per heavy atom. The number of hydrogen-bond donors (Lipinski definition) is 1. The molecular weight excluding hydrogens is 228 g/mol. The van der Waals surface area contributed by atoms with E-state index in [1.807, 2.05) is 51.1 Å². The number of hydrogen-bond acceptors (Lipinski definition) is 2. The number of carboxylic acid groups (broad SMARTS) is 1. The van der Waals surface area contributed by atoms with E-state index in [0.29, 0.717) is 6.42 Å². The Balaban J connectivity index is 2.75. The predicted molar refractivity (Wildman–Crippen MR) is 70.4 cm³/mol. The summed E-state index contributed by atoms with van der Waals surface area (Å²) in [6, 6.07) is 9.81. The summed E-state index contributed by atoms with van der Waals surface area (Å²) < 4.78 is 0. The molecule has 1 aromatic carbocycles. The summed E-state index contributed by atoms with van der Waals surface area (Å²) in [6.45, 7) is 5.72. The van der Waals surface area contributed by atoms with Gasteiger partial charge in [-0.25, -0.2) is 4.79 Å². The molecule has 1 unspecified atom stereocenters. The zero-order chi connectivity index (χ0) is 13.8. The van der Waals surface area contributed by atoms with Crippen LogP contribution in [0.1, 0.15) is 32.8 Å². The maximum absolute atomic E-state index is 11.7. The summed E-state index contributed by atoms with van der Waals surface area (Å²) >= 11 is 0. The van der Waals surface area contributed by atoms with Crippen LogP contribution in [0.15, 0.2) is 30.3 Å². The van der Waals surface area contributed by atoms with E-state index in [1.165, 1.54) is 0 Å². The monoisotopic (exact) mass is 248 g/mol. The molecule has 0 amide bonds. The van der Waals surface area contributed by atoms with Crippen LogP contribution in [0.3, 0.4) is 0 Å². The van der Waals surface area contributed by atoms with Gasteiger partial charge in [0.1, 0.15) is 0 Å². The molecule has 1 rings (SSSR count). The number of benzene rings is 1. The molecule has 0 aromatic heterocycles. The minimum atomic E-state index is -1.33. The van der Waals surface area contributed by atoms with Crippen molar-refractivity contribution in [3.05, 3.63) is 35.9 Å². The molecule has 0 aliphatic carbocycles. The molecule has 0 aliphatic rings. The maximum Gasteiger partial charge on any atom is 0.372 e. The molecule has 0 radical (unpaired) electrons. The third-order valence-electron chi connectivity index (χ3n) is 3.14. The van der Waals surface area contributed by atoms with Crippen LogP contribution in [-0.2, 0) is 16.0 Å². The summed E-state index contributed by atoms with van der Waals surface area (Å²) in [6.07, 6.45) is 1.29. The highest BCUT2D eigenvalue weighted by Gasteiger charge is 2.34. The number of aliphatic carboxylic acids is 1. The van der Waals surface area contributed by atoms with Gasteiger partial charge in [-0.2, -0.15) is 0 Å². The fourth-order valence-electron chi connectivity index (χ4n) is 2.06. The summed E-state index contributed by atoms with van der Waals surface area (Å²) in [5.41, 5.74) is 0.800. The Morgan fingerprint density at radius 3 is 2.17 bits per heavy atom. The van der Waals surface area contributed by atoms with Gasteiger partial charge in [-0.3, -0.25) is 4.79 Å². The van der Waals surface area contributed by atoms with Crippen LogP contribution in [0.5, 0.6) is 0 Å². The normalized spacial score (nSPS) is 13.1. The van der Waals surface area contributed by atoms with Crippen molar-refractivity contribution < 1.29 is 14.7 Å². The topological polar surface area (TPSA) is 54.4 Å². The SMILES string of the molecule is CC(C)(C)C(CCc1ccccc1)C(=O)C(=O)O. The Morgan fingerprint density at radius 1 is 1.17 bits per heavy atom. The molecule has 1 atom stereocenters. The first-order valence-corrected chi connectivity index (χ1v) is 6.13. The van der Waals surface area contributed by atoms with Gasteiger partial charge < -0.3 is 5.11 Å². The maximum atomic E-state index is 11.7. The van der Waals surface area contributed by atoms with Crippen LogP contribution in [-0.4, -0.2) is 16.9 Å². The number of carboxylic acids is 1.